The van der Waals surface area contributed by atoms with Crippen molar-refractivity contribution in [3.8, 4) is 11.5 Å². The Balaban J connectivity index is 1.96. The number of ether oxygens (including phenoxy) is 2. The molecule has 132 valence electrons. The molecule has 2 aromatic carbocycles. The highest BCUT2D eigenvalue weighted by molar-refractivity contribution is 5.91. The lowest BCUT2D eigenvalue weighted by Gasteiger charge is -2.11. The Hall–Kier alpha value is -2.75. The quantitative estimate of drug-likeness (QED) is 0.736. The van der Waals surface area contributed by atoms with E-state index in [0.717, 1.165) is 11.1 Å². The van der Waals surface area contributed by atoms with Gasteiger partial charge in [-0.2, -0.15) is 0 Å². The topological polar surface area (TPSA) is 47.6 Å². The van der Waals surface area contributed by atoms with Crippen molar-refractivity contribution in [2.24, 2.45) is 0 Å². The number of aryl methyl sites for hydroxylation is 1. The summed E-state index contributed by atoms with van der Waals surface area (Å²) in [5.41, 5.74) is 3.17. The van der Waals surface area contributed by atoms with Gasteiger partial charge in [-0.15, -0.1) is 0 Å². The Morgan fingerprint density at radius 1 is 1.00 bits per heavy atom. The molecule has 0 aliphatic heterocycles. The predicted octanol–water partition coefficient (Wildman–Crippen LogP) is 4.12. The number of nitrogens with one attached hydrogen (secondary N) is 1. The number of rotatable bonds is 8. The molecule has 1 N–H and O–H groups in total. The molecule has 2 aromatic rings. The third-order valence-corrected chi connectivity index (χ3v) is 3.58. The highest BCUT2D eigenvalue weighted by atomic mass is 16.5. The molecule has 0 radical (unpaired) electrons. The third kappa shape index (κ3) is 5.99. The van der Waals surface area contributed by atoms with Gasteiger partial charge < -0.3 is 14.8 Å². The van der Waals surface area contributed by atoms with Crippen LogP contribution in [0.15, 0.2) is 48.5 Å². The minimum Gasteiger partial charge on any atom is -0.490 e. The van der Waals surface area contributed by atoms with Crippen molar-refractivity contribution in [2.45, 2.75) is 27.3 Å². The van der Waals surface area contributed by atoms with Gasteiger partial charge in [-0.25, -0.2) is 0 Å². The van der Waals surface area contributed by atoms with E-state index in [1.807, 2.05) is 63.2 Å². The number of benzene rings is 2. The average molecular weight is 339 g/mol. The van der Waals surface area contributed by atoms with Gasteiger partial charge in [0.2, 0.25) is 5.91 Å². The van der Waals surface area contributed by atoms with Crippen LogP contribution in [0.4, 0.5) is 0 Å². The Bertz CT molecular complexity index is 720. The zero-order chi connectivity index (χ0) is 18.1. The normalized spacial score (nSPS) is 10.7. The fraction of sp³-hybridized carbons (Fsp3) is 0.286. The van der Waals surface area contributed by atoms with Crippen molar-refractivity contribution in [1.29, 1.82) is 0 Å². The van der Waals surface area contributed by atoms with Crippen molar-refractivity contribution in [2.75, 3.05) is 13.2 Å². The first-order valence-electron chi connectivity index (χ1n) is 8.53. The maximum atomic E-state index is 12.0. The summed E-state index contributed by atoms with van der Waals surface area (Å²) in [6, 6.07) is 13.7. The number of carbonyl (C=O) groups excluding carboxylic acids is 1. The van der Waals surface area contributed by atoms with Gasteiger partial charge in [-0.3, -0.25) is 4.79 Å². The van der Waals surface area contributed by atoms with Crippen LogP contribution >= 0.6 is 0 Å². The number of hydrogen-bond donors (Lipinski definition) is 1. The van der Waals surface area contributed by atoms with Crippen LogP contribution in [0.25, 0.3) is 6.08 Å². The van der Waals surface area contributed by atoms with Gasteiger partial charge in [0.05, 0.1) is 13.2 Å². The van der Waals surface area contributed by atoms with Crippen LogP contribution in [0, 0.1) is 6.92 Å². The van der Waals surface area contributed by atoms with E-state index < -0.39 is 0 Å². The first kappa shape index (κ1) is 18.6. The number of carbonyl (C=O) groups is 1. The van der Waals surface area contributed by atoms with Crippen molar-refractivity contribution >= 4 is 12.0 Å². The molecule has 0 heterocycles. The molecule has 0 saturated carbocycles. The van der Waals surface area contributed by atoms with Gasteiger partial charge in [0.25, 0.3) is 0 Å². The van der Waals surface area contributed by atoms with Gasteiger partial charge >= 0.3 is 0 Å². The minimum atomic E-state index is -0.132. The Morgan fingerprint density at radius 2 is 1.68 bits per heavy atom. The van der Waals surface area contributed by atoms with Crippen LogP contribution in [0.5, 0.6) is 11.5 Å². The first-order valence-corrected chi connectivity index (χ1v) is 8.53. The van der Waals surface area contributed by atoms with Crippen molar-refractivity contribution in [3.05, 3.63) is 65.2 Å². The Morgan fingerprint density at radius 3 is 2.36 bits per heavy atom. The molecule has 0 saturated heterocycles. The lowest BCUT2D eigenvalue weighted by Crippen LogP contribution is -2.20. The summed E-state index contributed by atoms with van der Waals surface area (Å²) in [5.74, 6) is 1.27. The molecule has 0 fully saturated rings. The van der Waals surface area contributed by atoms with Gasteiger partial charge in [0, 0.05) is 12.6 Å². The van der Waals surface area contributed by atoms with Crippen LogP contribution < -0.4 is 14.8 Å². The van der Waals surface area contributed by atoms with E-state index >= 15 is 0 Å². The second-order valence-corrected chi connectivity index (χ2v) is 5.61. The summed E-state index contributed by atoms with van der Waals surface area (Å²) < 4.78 is 11.1. The van der Waals surface area contributed by atoms with E-state index in [9.17, 15) is 4.79 Å². The zero-order valence-electron chi connectivity index (χ0n) is 15.0. The van der Waals surface area contributed by atoms with Gasteiger partial charge in [0.1, 0.15) is 0 Å². The second-order valence-electron chi connectivity index (χ2n) is 5.61. The van der Waals surface area contributed by atoms with Crippen molar-refractivity contribution in [1.82, 2.24) is 5.32 Å². The molecular formula is C21H25NO3. The van der Waals surface area contributed by atoms with E-state index in [0.29, 0.717) is 31.3 Å². The first-order chi connectivity index (χ1) is 12.1. The summed E-state index contributed by atoms with van der Waals surface area (Å²) >= 11 is 0. The molecule has 0 bridgehead atoms. The molecule has 0 spiro atoms. The van der Waals surface area contributed by atoms with E-state index in [1.165, 1.54) is 11.6 Å². The summed E-state index contributed by atoms with van der Waals surface area (Å²) in [6.45, 7) is 7.55. The monoisotopic (exact) mass is 339 g/mol. The minimum absolute atomic E-state index is 0.132. The van der Waals surface area contributed by atoms with Crippen molar-refractivity contribution in [3.63, 3.8) is 0 Å². The van der Waals surface area contributed by atoms with Crippen LogP contribution in [0.2, 0.25) is 0 Å². The van der Waals surface area contributed by atoms with Gasteiger partial charge in [0.15, 0.2) is 11.5 Å². The van der Waals surface area contributed by atoms with Crippen LogP contribution in [-0.4, -0.2) is 19.1 Å². The number of hydrogen-bond acceptors (Lipinski definition) is 3. The van der Waals surface area contributed by atoms with E-state index in [2.05, 4.69) is 5.32 Å². The lowest BCUT2D eigenvalue weighted by molar-refractivity contribution is -0.116. The second kappa shape index (κ2) is 9.52. The lowest BCUT2D eigenvalue weighted by atomic mass is 10.1. The summed E-state index contributed by atoms with van der Waals surface area (Å²) in [4.78, 5) is 12.0. The molecule has 25 heavy (non-hydrogen) atoms. The summed E-state index contributed by atoms with van der Waals surface area (Å²) in [7, 11) is 0. The third-order valence-electron chi connectivity index (χ3n) is 3.58. The molecule has 0 aliphatic carbocycles. The van der Waals surface area contributed by atoms with Crippen LogP contribution in [0.1, 0.15) is 30.5 Å². The number of amides is 1. The van der Waals surface area contributed by atoms with E-state index in [-0.39, 0.29) is 5.91 Å². The SMILES string of the molecule is CCOc1ccc(/C=C/C(=O)NCc2ccc(C)cc2)cc1OCC. The maximum Gasteiger partial charge on any atom is 0.244 e. The molecule has 0 atom stereocenters. The molecule has 4 heteroatoms. The maximum absolute atomic E-state index is 12.0. The molecule has 0 unspecified atom stereocenters. The fourth-order valence-corrected chi connectivity index (χ4v) is 2.30. The highest BCUT2D eigenvalue weighted by Gasteiger charge is 2.05. The highest BCUT2D eigenvalue weighted by Crippen LogP contribution is 2.28. The Labute approximate surface area is 149 Å². The largest absolute Gasteiger partial charge is 0.490 e. The summed E-state index contributed by atoms with van der Waals surface area (Å²) in [6.07, 6.45) is 3.29. The van der Waals surface area contributed by atoms with Crippen LogP contribution in [-0.2, 0) is 11.3 Å². The van der Waals surface area contributed by atoms with E-state index in [4.69, 9.17) is 9.47 Å². The van der Waals surface area contributed by atoms with Gasteiger partial charge in [-0.1, -0.05) is 35.9 Å². The average Bonchev–Trinajstić information content (AvgIpc) is 2.62. The molecular weight excluding hydrogens is 314 g/mol. The Kier molecular flexibility index (Phi) is 7.08. The molecule has 0 aliphatic rings. The molecule has 4 nitrogen and oxygen atoms in total. The summed E-state index contributed by atoms with van der Waals surface area (Å²) in [5, 5.41) is 2.88. The smallest absolute Gasteiger partial charge is 0.244 e. The van der Waals surface area contributed by atoms with Crippen molar-refractivity contribution < 1.29 is 14.3 Å². The zero-order valence-corrected chi connectivity index (χ0v) is 15.0. The van der Waals surface area contributed by atoms with Gasteiger partial charge in [-0.05, 0) is 50.1 Å². The van der Waals surface area contributed by atoms with Crippen LogP contribution in [0.3, 0.4) is 0 Å². The van der Waals surface area contributed by atoms with E-state index in [1.54, 1.807) is 6.08 Å². The standard InChI is InChI=1S/C21H25NO3/c1-4-24-19-12-10-17(14-20(19)25-5-2)11-13-21(23)22-15-18-8-6-16(3)7-9-18/h6-14H,4-5,15H2,1-3H3,(H,22,23)/b13-11+. The molecule has 1 amide bonds. The molecule has 2 rings (SSSR count). The molecule has 0 aromatic heterocycles. The fourth-order valence-electron chi connectivity index (χ4n) is 2.30. The predicted molar refractivity (Wildman–Crippen MR) is 101 cm³/mol.